The number of carbonyl (C=O) groups excluding carboxylic acids is 2. The lowest BCUT2D eigenvalue weighted by Crippen LogP contribution is -2.51. The highest BCUT2D eigenvalue weighted by Crippen LogP contribution is 2.19. The Morgan fingerprint density at radius 3 is 2.63 bits per heavy atom. The van der Waals surface area contributed by atoms with E-state index in [1.165, 1.54) is 0 Å². The third kappa shape index (κ3) is 5.46. The van der Waals surface area contributed by atoms with Gasteiger partial charge in [0.05, 0.1) is 12.6 Å². The molecule has 1 aliphatic rings. The van der Waals surface area contributed by atoms with Gasteiger partial charge >= 0.3 is 6.09 Å². The molecule has 0 aromatic heterocycles. The Hall–Kier alpha value is -1.30. The number of hydrogen-bond donors (Lipinski definition) is 2. The van der Waals surface area contributed by atoms with Crippen molar-refractivity contribution >= 4 is 12.0 Å². The Balaban J connectivity index is 2.56. The predicted octanol–water partition coefficient (Wildman–Crippen LogP) is 0.851. The zero-order valence-electron chi connectivity index (χ0n) is 12.1. The van der Waals surface area contributed by atoms with E-state index in [1.807, 2.05) is 20.8 Å². The molecule has 0 saturated carbocycles. The van der Waals surface area contributed by atoms with Crippen LogP contribution in [0.5, 0.6) is 0 Å². The van der Waals surface area contributed by atoms with Crippen LogP contribution in [-0.2, 0) is 9.53 Å². The van der Waals surface area contributed by atoms with E-state index in [0.717, 1.165) is 19.3 Å². The molecular weight excluding hydrogens is 246 g/mol. The van der Waals surface area contributed by atoms with Crippen molar-refractivity contribution in [2.45, 2.75) is 51.7 Å². The number of rotatable bonds is 3. The summed E-state index contributed by atoms with van der Waals surface area (Å²) in [7, 11) is 0. The first-order valence-corrected chi connectivity index (χ1v) is 6.80. The molecule has 110 valence electrons. The van der Waals surface area contributed by atoms with Crippen molar-refractivity contribution in [2.75, 3.05) is 19.6 Å². The van der Waals surface area contributed by atoms with E-state index in [9.17, 15) is 9.59 Å². The summed E-state index contributed by atoms with van der Waals surface area (Å²) in [5, 5.41) is 2.74. The first-order chi connectivity index (χ1) is 8.83. The fourth-order valence-corrected chi connectivity index (χ4v) is 2.08. The number of ether oxygens (including phenoxy) is 1. The minimum absolute atomic E-state index is 0.000833. The predicted molar refractivity (Wildman–Crippen MR) is 72.6 cm³/mol. The van der Waals surface area contributed by atoms with Gasteiger partial charge in [-0.3, -0.25) is 4.79 Å². The molecule has 0 unspecified atom stereocenters. The summed E-state index contributed by atoms with van der Waals surface area (Å²) in [6.07, 6.45) is 2.60. The van der Waals surface area contributed by atoms with E-state index < -0.39 is 5.60 Å². The molecule has 1 rings (SSSR count). The maximum atomic E-state index is 12.1. The molecule has 1 fully saturated rings. The van der Waals surface area contributed by atoms with Crippen LogP contribution in [0.2, 0.25) is 0 Å². The first kappa shape index (κ1) is 15.8. The number of piperidine rings is 1. The van der Waals surface area contributed by atoms with E-state index in [0.29, 0.717) is 13.1 Å². The molecule has 3 N–H and O–H groups in total. The van der Waals surface area contributed by atoms with Crippen LogP contribution < -0.4 is 11.1 Å². The molecule has 0 aromatic carbocycles. The maximum absolute atomic E-state index is 12.1. The Kier molecular flexibility index (Phi) is 5.60. The van der Waals surface area contributed by atoms with Gasteiger partial charge in [0.1, 0.15) is 5.60 Å². The first-order valence-electron chi connectivity index (χ1n) is 6.80. The highest BCUT2D eigenvalue weighted by molar-refractivity contribution is 5.77. The van der Waals surface area contributed by atoms with E-state index in [2.05, 4.69) is 5.32 Å². The summed E-state index contributed by atoms with van der Waals surface area (Å²) in [5.41, 5.74) is 4.75. The minimum Gasteiger partial charge on any atom is -0.444 e. The smallest absolute Gasteiger partial charge is 0.410 e. The quantitative estimate of drug-likeness (QED) is 0.797. The number of likely N-dealkylation sites (tertiary alicyclic amines) is 1. The lowest BCUT2D eigenvalue weighted by molar-refractivity contribution is -0.120. The van der Waals surface area contributed by atoms with Gasteiger partial charge in [-0.25, -0.2) is 4.79 Å². The number of carbonyl (C=O) groups is 2. The summed E-state index contributed by atoms with van der Waals surface area (Å²) in [4.78, 5) is 25.0. The van der Waals surface area contributed by atoms with Crippen LogP contribution in [0.25, 0.3) is 0 Å². The van der Waals surface area contributed by atoms with Crippen LogP contribution in [0.3, 0.4) is 0 Å². The third-order valence-electron chi connectivity index (χ3n) is 2.98. The van der Waals surface area contributed by atoms with Crippen molar-refractivity contribution in [3.63, 3.8) is 0 Å². The molecule has 1 atom stereocenters. The summed E-state index contributed by atoms with van der Waals surface area (Å²) >= 11 is 0. The van der Waals surface area contributed by atoms with Gasteiger partial charge in [-0.05, 0) is 40.0 Å². The minimum atomic E-state index is -0.500. The number of nitrogens with two attached hydrogens (primary N) is 1. The van der Waals surface area contributed by atoms with Gasteiger partial charge in [-0.1, -0.05) is 0 Å². The zero-order valence-corrected chi connectivity index (χ0v) is 12.1. The zero-order chi connectivity index (χ0) is 14.5. The van der Waals surface area contributed by atoms with Crippen LogP contribution in [0, 0.1) is 0 Å². The van der Waals surface area contributed by atoms with Gasteiger partial charge in [0, 0.05) is 13.1 Å². The van der Waals surface area contributed by atoms with Crippen LogP contribution in [0.15, 0.2) is 0 Å². The van der Waals surface area contributed by atoms with Gasteiger partial charge in [0.15, 0.2) is 0 Å². The standard InChI is InChI=1S/C13H25N3O3/c1-13(2,3)19-12(18)16-7-5-4-6-10(16)9-15-11(17)8-14/h10H,4-9,14H2,1-3H3,(H,15,17)/t10-/m1/s1. The summed E-state index contributed by atoms with van der Waals surface area (Å²) in [6.45, 7) is 6.63. The van der Waals surface area contributed by atoms with Crippen LogP contribution >= 0.6 is 0 Å². The molecular formula is C13H25N3O3. The average molecular weight is 271 g/mol. The summed E-state index contributed by atoms with van der Waals surface area (Å²) in [6, 6.07) is -0.000833. The largest absolute Gasteiger partial charge is 0.444 e. The third-order valence-corrected chi connectivity index (χ3v) is 2.98. The second-order valence-corrected chi connectivity index (χ2v) is 5.83. The van der Waals surface area contributed by atoms with Crippen molar-refractivity contribution in [3.05, 3.63) is 0 Å². The Bertz CT molecular complexity index is 326. The topological polar surface area (TPSA) is 84.7 Å². The second-order valence-electron chi connectivity index (χ2n) is 5.83. The van der Waals surface area contributed by atoms with Crippen molar-refractivity contribution in [1.29, 1.82) is 0 Å². The van der Waals surface area contributed by atoms with Gasteiger partial charge < -0.3 is 20.7 Å². The number of amides is 2. The van der Waals surface area contributed by atoms with Gasteiger partial charge in [0.2, 0.25) is 5.91 Å². The molecule has 1 heterocycles. The Morgan fingerprint density at radius 1 is 1.37 bits per heavy atom. The Labute approximate surface area is 114 Å². The normalized spacial score (nSPS) is 20.0. The monoisotopic (exact) mass is 271 g/mol. The average Bonchev–Trinajstić information content (AvgIpc) is 2.34. The lowest BCUT2D eigenvalue weighted by Gasteiger charge is -2.36. The number of hydrogen-bond acceptors (Lipinski definition) is 4. The molecule has 1 saturated heterocycles. The van der Waals surface area contributed by atoms with E-state index in [1.54, 1.807) is 4.90 Å². The van der Waals surface area contributed by atoms with Crippen molar-refractivity contribution in [2.24, 2.45) is 5.73 Å². The molecule has 19 heavy (non-hydrogen) atoms. The molecule has 0 aromatic rings. The molecule has 0 radical (unpaired) electrons. The fourth-order valence-electron chi connectivity index (χ4n) is 2.08. The van der Waals surface area contributed by atoms with Crippen molar-refractivity contribution in [1.82, 2.24) is 10.2 Å². The van der Waals surface area contributed by atoms with Crippen molar-refractivity contribution < 1.29 is 14.3 Å². The van der Waals surface area contributed by atoms with Crippen molar-refractivity contribution in [3.8, 4) is 0 Å². The summed E-state index contributed by atoms with van der Waals surface area (Å²) < 4.78 is 5.39. The lowest BCUT2D eigenvalue weighted by atomic mass is 10.0. The fraction of sp³-hybridized carbons (Fsp3) is 0.846. The van der Waals surface area contributed by atoms with E-state index >= 15 is 0 Å². The maximum Gasteiger partial charge on any atom is 0.410 e. The van der Waals surface area contributed by atoms with Crippen LogP contribution in [0.1, 0.15) is 40.0 Å². The summed E-state index contributed by atoms with van der Waals surface area (Å²) in [5.74, 6) is -0.199. The molecule has 6 nitrogen and oxygen atoms in total. The van der Waals surface area contributed by atoms with E-state index in [-0.39, 0.29) is 24.6 Å². The highest BCUT2D eigenvalue weighted by atomic mass is 16.6. The van der Waals surface area contributed by atoms with Crippen LogP contribution in [0.4, 0.5) is 4.79 Å². The molecule has 0 aliphatic carbocycles. The van der Waals surface area contributed by atoms with Gasteiger partial charge in [-0.15, -0.1) is 0 Å². The van der Waals surface area contributed by atoms with Crippen LogP contribution in [-0.4, -0.2) is 48.2 Å². The molecule has 0 bridgehead atoms. The number of nitrogens with zero attached hydrogens (tertiary/aromatic N) is 1. The molecule has 0 spiro atoms. The molecule has 2 amide bonds. The second kappa shape index (κ2) is 6.75. The number of nitrogens with one attached hydrogen (secondary N) is 1. The highest BCUT2D eigenvalue weighted by Gasteiger charge is 2.30. The van der Waals surface area contributed by atoms with Gasteiger partial charge in [-0.2, -0.15) is 0 Å². The SMILES string of the molecule is CC(C)(C)OC(=O)N1CCCC[C@@H]1CNC(=O)CN. The Morgan fingerprint density at radius 2 is 2.05 bits per heavy atom. The van der Waals surface area contributed by atoms with E-state index in [4.69, 9.17) is 10.5 Å². The molecule has 6 heteroatoms. The molecule has 1 aliphatic heterocycles. The van der Waals surface area contributed by atoms with Gasteiger partial charge in [0.25, 0.3) is 0 Å².